The summed E-state index contributed by atoms with van der Waals surface area (Å²) in [4.78, 5) is 12.1. The van der Waals surface area contributed by atoms with Crippen molar-refractivity contribution >= 4 is 5.91 Å². The Hall–Kier alpha value is -2.50. The van der Waals surface area contributed by atoms with Crippen LogP contribution in [0.4, 0.5) is 0 Å². The first kappa shape index (κ1) is 16.4. The van der Waals surface area contributed by atoms with Crippen LogP contribution in [0.3, 0.4) is 0 Å². The zero-order chi connectivity index (χ0) is 17.1. The number of carbonyl (C=O) groups is 1. The third kappa shape index (κ3) is 3.53. The second-order valence-electron chi connectivity index (χ2n) is 6.03. The van der Waals surface area contributed by atoms with Crippen LogP contribution in [0.25, 0.3) is 0 Å². The van der Waals surface area contributed by atoms with Crippen LogP contribution in [0.15, 0.2) is 18.2 Å². The average molecular weight is 329 g/mol. The predicted molar refractivity (Wildman–Crippen MR) is 90.3 cm³/mol. The van der Waals surface area contributed by atoms with Gasteiger partial charge in [-0.25, -0.2) is 0 Å². The van der Waals surface area contributed by atoms with Crippen molar-refractivity contribution in [2.45, 2.75) is 33.2 Å². The van der Waals surface area contributed by atoms with Gasteiger partial charge in [0.05, 0.1) is 5.69 Å². The summed E-state index contributed by atoms with van der Waals surface area (Å²) in [6.07, 6.45) is 1.16. The minimum Gasteiger partial charge on any atom is -0.486 e. The van der Waals surface area contributed by atoms with E-state index in [0.717, 1.165) is 34.0 Å². The summed E-state index contributed by atoms with van der Waals surface area (Å²) in [6, 6.07) is 5.76. The fourth-order valence-electron chi connectivity index (χ4n) is 2.90. The molecule has 6 nitrogen and oxygen atoms in total. The Morgan fingerprint density at radius 3 is 2.71 bits per heavy atom. The molecule has 2 heterocycles. The first-order valence-corrected chi connectivity index (χ1v) is 8.19. The maximum absolute atomic E-state index is 12.1. The molecule has 0 aliphatic carbocycles. The van der Waals surface area contributed by atoms with E-state index in [1.807, 2.05) is 43.8 Å². The van der Waals surface area contributed by atoms with Crippen LogP contribution in [0, 0.1) is 13.8 Å². The number of nitrogens with zero attached hydrogens (tertiary/aromatic N) is 2. The van der Waals surface area contributed by atoms with Crippen molar-refractivity contribution in [2.75, 3.05) is 13.2 Å². The molecule has 1 amide bonds. The van der Waals surface area contributed by atoms with Crippen molar-refractivity contribution in [2.24, 2.45) is 7.05 Å². The van der Waals surface area contributed by atoms with Gasteiger partial charge in [0.2, 0.25) is 5.91 Å². The molecule has 1 aromatic heterocycles. The molecule has 1 aliphatic rings. The number of ether oxygens (including phenoxy) is 2. The van der Waals surface area contributed by atoms with Crippen LogP contribution >= 0.6 is 0 Å². The Labute approximate surface area is 141 Å². The number of benzene rings is 1. The molecule has 1 aliphatic heterocycles. The first-order chi connectivity index (χ1) is 11.5. The summed E-state index contributed by atoms with van der Waals surface area (Å²) in [5.74, 6) is 1.54. The van der Waals surface area contributed by atoms with E-state index >= 15 is 0 Å². The Kier molecular flexibility index (Phi) is 4.74. The largest absolute Gasteiger partial charge is 0.486 e. The maximum atomic E-state index is 12.1. The molecule has 24 heavy (non-hydrogen) atoms. The van der Waals surface area contributed by atoms with Crippen molar-refractivity contribution < 1.29 is 14.3 Å². The fraction of sp³-hybridized carbons (Fsp3) is 0.444. The number of fused-ring (bicyclic) bond motifs is 1. The average Bonchev–Trinajstić information content (AvgIpc) is 2.83. The van der Waals surface area contributed by atoms with Gasteiger partial charge in [0.1, 0.15) is 13.2 Å². The number of carbonyl (C=O) groups excluding carboxylic acids is 1. The van der Waals surface area contributed by atoms with E-state index in [4.69, 9.17) is 9.47 Å². The predicted octanol–water partition coefficient (Wildman–Crippen LogP) is 2.06. The number of nitrogens with one attached hydrogen (secondary N) is 1. The van der Waals surface area contributed by atoms with Crippen molar-refractivity contribution in [1.82, 2.24) is 15.1 Å². The van der Waals surface area contributed by atoms with E-state index in [-0.39, 0.29) is 5.91 Å². The summed E-state index contributed by atoms with van der Waals surface area (Å²) in [5, 5.41) is 7.34. The highest BCUT2D eigenvalue weighted by Gasteiger charge is 2.13. The molecule has 0 saturated heterocycles. The normalized spacial score (nSPS) is 13.0. The van der Waals surface area contributed by atoms with E-state index in [0.29, 0.717) is 32.6 Å². The number of hydrogen-bond acceptors (Lipinski definition) is 4. The highest BCUT2D eigenvalue weighted by molar-refractivity contribution is 5.76. The van der Waals surface area contributed by atoms with Gasteiger partial charge < -0.3 is 14.8 Å². The molecule has 1 aromatic carbocycles. The number of hydrogen-bond donors (Lipinski definition) is 1. The summed E-state index contributed by atoms with van der Waals surface area (Å²) >= 11 is 0. The minimum absolute atomic E-state index is 0.0348. The lowest BCUT2D eigenvalue weighted by Crippen LogP contribution is -2.23. The number of amides is 1. The molecule has 6 heteroatoms. The second-order valence-corrected chi connectivity index (χ2v) is 6.03. The first-order valence-electron chi connectivity index (χ1n) is 8.19. The van der Waals surface area contributed by atoms with Crippen molar-refractivity contribution in [3.63, 3.8) is 0 Å². The molecular formula is C18H23N3O3. The van der Waals surface area contributed by atoms with Crippen molar-refractivity contribution in [3.05, 3.63) is 40.7 Å². The lowest BCUT2D eigenvalue weighted by Gasteiger charge is -2.19. The quantitative estimate of drug-likeness (QED) is 0.912. The molecule has 0 saturated carbocycles. The fourth-order valence-corrected chi connectivity index (χ4v) is 2.90. The van der Waals surface area contributed by atoms with Crippen LogP contribution in [0.1, 0.15) is 28.9 Å². The van der Waals surface area contributed by atoms with E-state index in [1.165, 1.54) is 0 Å². The third-order valence-electron chi connectivity index (χ3n) is 4.36. The molecule has 0 radical (unpaired) electrons. The standard InChI is InChI=1S/C18H23N3O3/c1-12-15(13(2)21(3)20-12)5-7-18(22)19-11-14-4-6-16-17(10-14)24-9-8-23-16/h4,6,10H,5,7-9,11H2,1-3H3,(H,19,22). The molecule has 3 rings (SSSR count). The number of aryl methyl sites for hydroxylation is 2. The molecule has 0 fully saturated rings. The van der Waals surface area contributed by atoms with Crippen molar-refractivity contribution in [1.29, 1.82) is 0 Å². The van der Waals surface area contributed by atoms with Crippen LogP contribution in [0.2, 0.25) is 0 Å². The highest BCUT2D eigenvalue weighted by atomic mass is 16.6. The molecule has 0 atom stereocenters. The molecular weight excluding hydrogens is 306 g/mol. The van der Waals surface area contributed by atoms with Gasteiger partial charge in [0.15, 0.2) is 11.5 Å². The third-order valence-corrected chi connectivity index (χ3v) is 4.36. The summed E-state index contributed by atoms with van der Waals surface area (Å²) in [6.45, 7) is 5.64. The van der Waals surface area contributed by atoms with Gasteiger partial charge in [-0.2, -0.15) is 5.10 Å². The maximum Gasteiger partial charge on any atom is 0.220 e. The molecule has 2 aromatic rings. The topological polar surface area (TPSA) is 65.4 Å². The van der Waals surface area contributed by atoms with Gasteiger partial charge in [0, 0.05) is 25.7 Å². The van der Waals surface area contributed by atoms with Gasteiger partial charge in [-0.3, -0.25) is 9.48 Å². The summed E-state index contributed by atoms with van der Waals surface area (Å²) < 4.78 is 12.9. The molecule has 0 unspecified atom stereocenters. The minimum atomic E-state index is 0.0348. The Balaban J connectivity index is 1.52. The van der Waals surface area contributed by atoms with E-state index in [9.17, 15) is 4.79 Å². The zero-order valence-corrected chi connectivity index (χ0v) is 14.4. The lowest BCUT2D eigenvalue weighted by atomic mass is 10.1. The summed E-state index contributed by atoms with van der Waals surface area (Å²) in [7, 11) is 1.92. The Morgan fingerprint density at radius 2 is 2.00 bits per heavy atom. The van der Waals surface area contributed by atoms with Crippen LogP contribution in [-0.4, -0.2) is 28.9 Å². The Morgan fingerprint density at radius 1 is 1.25 bits per heavy atom. The van der Waals surface area contributed by atoms with Crippen LogP contribution in [-0.2, 0) is 24.8 Å². The van der Waals surface area contributed by atoms with Gasteiger partial charge in [0.25, 0.3) is 0 Å². The lowest BCUT2D eigenvalue weighted by molar-refractivity contribution is -0.121. The smallest absolute Gasteiger partial charge is 0.220 e. The van der Waals surface area contributed by atoms with Gasteiger partial charge in [-0.15, -0.1) is 0 Å². The summed E-state index contributed by atoms with van der Waals surface area (Å²) in [5.41, 5.74) is 4.27. The van der Waals surface area contributed by atoms with Crippen LogP contribution < -0.4 is 14.8 Å². The van der Waals surface area contributed by atoms with Gasteiger partial charge >= 0.3 is 0 Å². The molecule has 128 valence electrons. The second kappa shape index (κ2) is 6.95. The number of aromatic nitrogens is 2. The van der Waals surface area contributed by atoms with Gasteiger partial charge in [-0.1, -0.05) is 6.07 Å². The molecule has 0 spiro atoms. The molecule has 1 N–H and O–H groups in total. The van der Waals surface area contributed by atoms with Crippen LogP contribution in [0.5, 0.6) is 11.5 Å². The zero-order valence-electron chi connectivity index (χ0n) is 14.4. The monoisotopic (exact) mass is 329 g/mol. The Bertz CT molecular complexity index is 752. The van der Waals surface area contributed by atoms with E-state index in [2.05, 4.69) is 10.4 Å². The van der Waals surface area contributed by atoms with E-state index in [1.54, 1.807) is 0 Å². The SMILES string of the molecule is Cc1nn(C)c(C)c1CCC(=O)NCc1ccc2c(c1)OCCO2. The van der Waals surface area contributed by atoms with Crippen molar-refractivity contribution in [3.8, 4) is 11.5 Å². The van der Waals surface area contributed by atoms with Gasteiger partial charge in [-0.05, 0) is 43.5 Å². The molecule has 0 bridgehead atoms. The number of rotatable bonds is 5. The van der Waals surface area contributed by atoms with E-state index < -0.39 is 0 Å². The highest BCUT2D eigenvalue weighted by Crippen LogP contribution is 2.30.